The largest absolute Gasteiger partial charge is 0.261 e. The van der Waals surface area contributed by atoms with Gasteiger partial charge in [0, 0.05) is 6.54 Å². The normalized spacial score (nSPS) is 8.86. The standard InChI is InChI=1S/C5H12N2/c1-5(2)4-7-6-3/h6-7H,1,4H2,2-3H3. The van der Waals surface area contributed by atoms with E-state index in [9.17, 15) is 0 Å². The van der Waals surface area contributed by atoms with E-state index in [0.29, 0.717) is 0 Å². The first-order valence-corrected chi connectivity index (χ1v) is 2.31. The molecule has 0 fully saturated rings. The monoisotopic (exact) mass is 100 g/mol. The van der Waals surface area contributed by atoms with Crippen LogP contribution in [-0.2, 0) is 0 Å². The molecule has 0 bridgehead atoms. The van der Waals surface area contributed by atoms with Crippen LogP contribution in [0.5, 0.6) is 0 Å². The summed E-state index contributed by atoms with van der Waals surface area (Å²) in [6.07, 6.45) is 0. The van der Waals surface area contributed by atoms with Gasteiger partial charge in [0.15, 0.2) is 0 Å². The highest BCUT2D eigenvalue weighted by Gasteiger charge is 1.77. The highest BCUT2D eigenvalue weighted by molar-refractivity contribution is 4.89. The predicted molar refractivity (Wildman–Crippen MR) is 31.9 cm³/mol. The number of rotatable bonds is 3. The molecule has 0 aliphatic carbocycles. The lowest BCUT2D eigenvalue weighted by molar-refractivity contribution is 0.634. The maximum Gasteiger partial charge on any atom is 0.0304 e. The molecule has 0 heterocycles. The van der Waals surface area contributed by atoms with Crippen LogP contribution >= 0.6 is 0 Å². The maximum atomic E-state index is 3.69. The Labute approximate surface area is 44.6 Å². The molecule has 0 amide bonds. The van der Waals surface area contributed by atoms with Crippen LogP contribution < -0.4 is 10.9 Å². The fourth-order valence-electron chi connectivity index (χ4n) is 0.239. The maximum absolute atomic E-state index is 3.69. The van der Waals surface area contributed by atoms with E-state index in [0.717, 1.165) is 12.1 Å². The quantitative estimate of drug-likeness (QED) is 0.393. The van der Waals surface area contributed by atoms with E-state index in [4.69, 9.17) is 0 Å². The lowest BCUT2D eigenvalue weighted by Gasteiger charge is -1.97. The molecule has 0 spiro atoms. The van der Waals surface area contributed by atoms with Crippen molar-refractivity contribution in [2.24, 2.45) is 0 Å². The van der Waals surface area contributed by atoms with Crippen molar-refractivity contribution in [1.82, 2.24) is 10.9 Å². The zero-order valence-electron chi connectivity index (χ0n) is 4.91. The summed E-state index contributed by atoms with van der Waals surface area (Å²) >= 11 is 0. The van der Waals surface area contributed by atoms with Crippen LogP contribution in [0.3, 0.4) is 0 Å². The van der Waals surface area contributed by atoms with Crippen LogP contribution in [0.4, 0.5) is 0 Å². The highest BCUT2D eigenvalue weighted by Crippen LogP contribution is 1.77. The van der Waals surface area contributed by atoms with Gasteiger partial charge in [0.1, 0.15) is 0 Å². The fourth-order valence-corrected chi connectivity index (χ4v) is 0.239. The van der Waals surface area contributed by atoms with Gasteiger partial charge in [0.2, 0.25) is 0 Å². The smallest absolute Gasteiger partial charge is 0.0304 e. The molecule has 2 N–H and O–H groups in total. The summed E-state index contributed by atoms with van der Waals surface area (Å²) in [5.41, 5.74) is 6.82. The molecule has 2 nitrogen and oxygen atoms in total. The molecule has 0 saturated carbocycles. The van der Waals surface area contributed by atoms with E-state index < -0.39 is 0 Å². The molecule has 0 saturated heterocycles. The summed E-state index contributed by atoms with van der Waals surface area (Å²) in [7, 11) is 1.84. The van der Waals surface area contributed by atoms with Gasteiger partial charge < -0.3 is 0 Å². The van der Waals surface area contributed by atoms with E-state index >= 15 is 0 Å². The third-order valence-corrected chi connectivity index (χ3v) is 0.567. The Bertz CT molecular complexity index is 59.1. The average molecular weight is 100 g/mol. The van der Waals surface area contributed by atoms with Crippen molar-refractivity contribution in [3.8, 4) is 0 Å². The Kier molecular flexibility index (Phi) is 3.65. The molecule has 0 aliphatic heterocycles. The van der Waals surface area contributed by atoms with Gasteiger partial charge in [-0.2, -0.15) is 0 Å². The van der Waals surface area contributed by atoms with Gasteiger partial charge in [-0.3, -0.25) is 10.9 Å². The average Bonchev–Trinajstić information content (AvgIpc) is 1.61. The van der Waals surface area contributed by atoms with Crippen molar-refractivity contribution in [3.05, 3.63) is 12.2 Å². The molecular weight excluding hydrogens is 88.1 g/mol. The molecule has 0 atom stereocenters. The summed E-state index contributed by atoms with van der Waals surface area (Å²) in [5, 5.41) is 0. The Balaban J connectivity index is 2.82. The Morgan fingerprint density at radius 3 is 2.43 bits per heavy atom. The molecule has 0 aromatic heterocycles. The molecule has 42 valence electrons. The first-order chi connectivity index (χ1) is 3.27. The van der Waals surface area contributed by atoms with Crippen LogP contribution in [0.1, 0.15) is 6.92 Å². The fraction of sp³-hybridized carbons (Fsp3) is 0.600. The highest BCUT2D eigenvalue weighted by atomic mass is 15.3. The first kappa shape index (κ1) is 6.66. The van der Waals surface area contributed by atoms with E-state index in [2.05, 4.69) is 17.4 Å². The number of hydrogen-bond acceptors (Lipinski definition) is 2. The predicted octanol–water partition coefficient (Wildman–Crippen LogP) is 0.286. The molecule has 0 aromatic carbocycles. The van der Waals surface area contributed by atoms with Crippen molar-refractivity contribution in [2.45, 2.75) is 6.92 Å². The lowest BCUT2D eigenvalue weighted by Crippen LogP contribution is -2.28. The summed E-state index contributed by atoms with van der Waals surface area (Å²) in [6, 6.07) is 0. The summed E-state index contributed by atoms with van der Waals surface area (Å²) < 4.78 is 0. The van der Waals surface area contributed by atoms with Crippen LogP contribution in [0, 0.1) is 0 Å². The Hall–Kier alpha value is -0.340. The van der Waals surface area contributed by atoms with Gasteiger partial charge in [-0.25, -0.2) is 0 Å². The van der Waals surface area contributed by atoms with Gasteiger partial charge in [0.25, 0.3) is 0 Å². The minimum absolute atomic E-state index is 0.844. The number of hydrazine groups is 1. The second-order valence-corrected chi connectivity index (χ2v) is 1.56. The van der Waals surface area contributed by atoms with Gasteiger partial charge in [0.05, 0.1) is 0 Å². The summed E-state index contributed by atoms with van der Waals surface area (Å²) in [5.74, 6) is 0. The SMILES string of the molecule is C=C(C)CNNC. The third kappa shape index (κ3) is 5.66. The molecule has 0 aliphatic rings. The Morgan fingerprint density at radius 1 is 1.71 bits per heavy atom. The van der Waals surface area contributed by atoms with E-state index in [1.165, 1.54) is 0 Å². The zero-order chi connectivity index (χ0) is 5.70. The van der Waals surface area contributed by atoms with Crippen molar-refractivity contribution in [2.75, 3.05) is 13.6 Å². The van der Waals surface area contributed by atoms with Crippen LogP contribution in [0.2, 0.25) is 0 Å². The van der Waals surface area contributed by atoms with E-state index in [1.54, 1.807) is 0 Å². The third-order valence-electron chi connectivity index (χ3n) is 0.567. The van der Waals surface area contributed by atoms with Gasteiger partial charge in [-0.05, 0) is 14.0 Å². The van der Waals surface area contributed by atoms with Gasteiger partial charge in [-0.1, -0.05) is 12.2 Å². The van der Waals surface area contributed by atoms with Crippen LogP contribution in [-0.4, -0.2) is 13.6 Å². The summed E-state index contributed by atoms with van der Waals surface area (Å²) in [4.78, 5) is 0. The first-order valence-electron chi connectivity index (χ1n) is 2.31. The van der Waals surface area contributed by atoms with Crippen LogP contribution in [0.15, 0.2) is 12.2 Å². The molecule has 0 rings (SSSR count). The lowest BCUT2D eigenvalue weighted by atomic mass is 10.4. The molecule has 2 heteroatoms. The second kappa shape index (κ2) is 3.84. The molecule has 0 radical (unpaired) electrons. The van der Waals surface area contributed by atoms with Crippen molar-refractivity contribution >= 4 is 0 Å². The zero-order valence-corrected chi connectivity index (χ0v) is 4.91. The Morgan fingerprint density at radius 2 is 2.29 bits per heavy atom. The molecule has 7 heavy (non-hydrogen) atoms. The van der Waals surface area contributed by atoms with E-state index in [-0.39, 0.29) is 0 Å². The topological polar surface area (TPSA) is 24.1 Å². The van der Waals surface area contributed by atoms with Crippen molar-refractivity contribution in [1.29, 1.82) is 0 Å². The number of hydrogen-bond donors (Lipinski definition) is 2. The summed E-state index contributed by atoms with van der Waals surface area (Å²) in [6.45, 7) is 6.51. The van der Waals surface area contributed by atoms with Crippen LogP contribution in [0.25, 0.3) is 0 Å². The second-order valence-electron chi connectivity index (χ2n) is 1.56. The molecular formula is C5H12N2. The molecule has 0 unspecified atom stereocenters. The van der Waals surface area contributed by atoms with Gasteiger partial charge in [-0.15, -0.1) is 0 Å². The van der Waals surface area contributed by atoms with Gasteiger partial charge >= 0.3 is 0 Å². The minimum Gasteiger partial charge on any atom is -0.261 e. The van der Waals surface area contributed by atoms with E-state index in [1.807, 2.05) is 14.0 Å². The minimum atomic E-state index is 0.844. The number of nitrogens with one attached hydrogen (secondary N) is 2. The molecule has 0 aromatic rings. The van der Waals surface area contributed by atoms with Crippen molar-refractivity contribution < 1.29 is 0 Å². The van der Waals surface area contributed by atoms with Crippen molar-refractivity contribution in [3.63, 3.8) is 0 Å².